The average molecular weight is 392 g/mol. The minimum absolute atomic E-state index is 0.207. The quantitative estimate of drug-likeness (QED) is 0.683. The van der Waals surface area contributed by atoms with Crippen LogP contribution < -0.4 is 4.74 Å². The predicted octanol–water partition coefficient (Wildman–Crippen LogP) is 2.99. The number of amides is 1. The molecule has 2 atom stereocenters. The number of fused-ring (bicyclic) bond motifs is 1. The summed E-state index contributed by atoms with van der Waals surface area (Å²) in [4.78, 5) is 19.4. The van der Waals surface area contributed by atoms with E-state index in [0.29, 0.717) is 42.1 Å². The summed E-state index contributed by atoms with van der Waals surface area (Å²) in [5.74, 6) is 1.14. The molecule has 3 rings (SSSR count). The summed E-state index contributed by atoms with van der Waals surface area (Å²) < 4.78 is 19.4. The predicted molar refractivity (Wildman–Crippen MR) is 109 cm³/mol. The van der Waals surface area contributed by atoms with Gasteiger partial charge in [-0.05, 0) is 37.9 Å². The number of likely N-dealkylation sites (N-methyl/N-ethyl adjacent to an activating group) is 1. The fraction of sp³-hybridized carbons (Fsp3) is 0.682. The van der Waals surface area contributed by atoms with Gasteiger partial charge >= 0.3 is 0 Å². The highest BCUT2D eigenvalue weighted by molar-refractivity contribution is 5.77. The highest BCUT2D eigenvalue weighted by Gasteiger charge is 2.39. The van der Waals surface area contributed by atoms with Crippen molar-refractivity contribution in [2.45, 2.75) is 45.7 Å². The van der Waals surface area contributed by atoms with Crippen LogP contribution in [0.25, 0.3) is 0 Å². The Balaban J connectivity index is 1.60. The lowest BCUT2D eigenvalue weighted by Crippen LogP contribution is -2.57. The molecule has 2 heterocycles. The zero-order valence-electron chi connectivity index (χ0n) is 17.5. The second-order valence-corrected chi connectivity index (χ2v) is 7.96. The maximum atomic E-state index is 14.3. The van der Waals surface area contributed by atoms with Gasteiger partial charge in [-0.3, -0.25) is 9.69 Å². The normalized spacial score (nSPS) is 23.2. The SMILES string of the molecule is CCN(CC)CCN1C(=O)CC[C@H]2CN(Cc3ccc(OC)cc3F)CC[C@H]21. The molecule has 0 aromatic heterocycles. The summed E-state index contributed by atoms with van der Waals surface area (Å²) in [5, 5.41) is 0. The first-order valence-corrected chi connectivity index (χ1v) is 10.6. The van der Waals surface area contributed by atoms with E-state index >= 15 is 0 Å². The number of carbonyl (C=O) groups is 1. The highest BCUT2D eigenvalue weighted by atomic mass is 19.1. The summed E-state index contributed by atoms with van der Waals surface area (Å²) in [6, 6.07) is 5.44. The van der Waals surface area contributed by atoms with Crippen LogP contribution in [0, 0.1) is 11.7 Å². The Kier molecular flexibility index (Phi) is 7.30. The molecule has 0 spiro atoms. The maximum Gasteiger partial charge on any atom is 0.222 e. The third kappa shape index (κ3) is 4.84. The fourth-order valence-electron chi connectivity index (χ4n) is 4.67. The van der Waals surface area contributed by atoms with Crippen molar-refractivity contribution in [1.82, 2.24) is 14.7 Å². The molecular weight excluding hydrogens is 357 g/mol. The number of nitrogens with zero attached hydrogens (tertiary/aromatic N) is 3. The summed E-state index contributed by atoms with van der Waals surface area (Å²) in [5.41, 5.74) is 0.713. The van der Waals surface area contributed by atoms with Crippen LogP contribution >= 0.6 is 0 Å². The van der Waals surface area contributed by atoms with Crippen molar-refractivity contribution in [2.75, 3.05) is 46.4 Å². The van der Waals surface area contributed by atoms with Gasteiger partial charge in [0.2, 0.25) is 5.91 Å². The van der Waals surface area contributed by atoms with Gasteiger partial charge in [-0.25, -0.2) is 4.39 Å². The number of benzene rings is 1. The number of piperidine rings is 2. The van der Waals surface area contributed by atoms with Crippen LogP contribution in [0.2, 0.25) is 0 Å². The molecule has 2 saturated heterocycles. The van der Waals surface area contributed by atoms with Crippen molar-refractivity contribution in [1.29, 1.82) is 0 Å². The Bertz CT molecular complexity index is 665. The lowest BCUT2D eigenvalue weighted by atomic mass is 9.83. The van der Waals surface area contributed by atoms with E-state index in [1.54, 1.807) is 7.11 Å². The van der Waals surface area contributed by atoms with Crippen molar-refractivity contribution in [2.24, 2.45) is 5.92 Å². The van der Waals surface area contributed by atoms with Gasteiger partial charge in [-0.15, -0.1) is 0 Å². The van der Waals surface area contributed by atoms with Gasteiger partial charge in [0, 0.05) is 56.8 Å². The van der Waals surface area contributed by atoms with Crippen LogP contribution in [0.15, 0.2) is 18.2 Å². The van der Waals surface area contributed by atoms with Crippen molar-refractivity contribution in [3.8, 4) is 5.75 Å². The lowest BCUT2D eigenvalue weighted by Gasteiger charge is -2.47. The van der Waals surface area contributed by atoms with E-state index in [9.17, 15) is 9.18 Å². The van der Waals surface area contributed by atoms with Gasteiger partial charge in [-0.2, -0.15) is 0 Å². The average Bonchev–Trinajstić information content (AvgIpc) is 2.71. The maximum absolute atomic E-state index is 14.3. The summed E-state index contributed by atoms with van der Waals surface area (Å²) in [6.45, 7) is 10.6. The molecule has 28 heavy (non-hydrogen) atoms. The molecule has 2 aliphatic rings. The Morgan fingerprint density at radius 1 is 1.25 bits per heavy atom. The Morgan fingerprint density at radius 3 is 2.71 bits per heavy atom. The van der Waals surface area contributed by atoms with E-state index in [-0.39, 0.29) is 5.82 Å². The van der Waals surface area contributed by atoms with Crippen molar-refractivity contribution >= 4 is 5.91 Å². The third-order valence-corrected chi connectivity index (χ3v) is 6.43. The van der Waals surface area contributed by atoms with Crippen LogP contribution in [0.5, 0.6) is 5.75 Å². The first-order valence-electron chi connectivity index (χ1n) is 10.6. The summed E-state index contributed by atoms with van der Waals surface area (Å²) in [6.07, 6.45) is 2.57. The number of hydrogen-bond acceptors (Lipinski definition) is 4. The minimum Gasteiger partial charge on any atom is -0.497 e. The molecule has 0 N–H and O–H groups in total. The molecule has 156 valence electrons. The number of halogens is 1. The second kappa shape index (κ2) is 9.70. The van der Waals surface area contributed by atoms with Gasteiger partial charge in [0.15, 0.2) is 0 Å². The van der Waals surface area contributed by atoms with Crippen molar-refractivity contribution in [3.63, 3.8) is 0 Å². The molecule has 0 aliphatic carbocycles. The molecule has 2 aliphatic heterocycles. The largest absolute Gasteiger partial charge is 0.497 e. The zero-order valence-corrected chi connectivity index (χ0v) is 17.5. The van der Waals surface area contributed by atoms with Crippen LogP contribution in [-0.4, -0.2) is 73.0 Å². The van der Waals surface area contributed by atoms with E-state index in [0.717, 1.165) is 52.1 Å². The number of carbonyl (C=O) groups excluding carboxylic acids is 1. The first kappa shape index (κ1) is 21.1. The number of ether oxygens (including phenoxy) is 1. The molecule has 0 saturated carbocycles. The van der Waals surface area contributed by atoms with Crippen LogP contribution in [0.3, 0.4) is 0 Å². The molecule has 0 bridgehead atoms. The van der Waals surface area contributed by atoms with Crippen LogP contribution in [-0.2, 0) is 11.3 Å². The monoisotopic (exact) mass is 391 g/mol. The molecule has 6 heteroatoms. The van der Waals surface area contributed by atoms with Gasteiger partial charge in [0.25, 0.3) is 0 Å². The van der Waals surface area contributed by atoms with E-state index in [4.69, 9.17) is 4.74 Å². The first-order chi connectivity index (χ1) is 13.5. The van der Waals surface area contributed by atoms with Crippen LogP contribution in [0.1, 0.15) is 38.7 Å². The van der Waals surface area contributed by atoms with E-state index in [2.05, 4.69) is 28.5 Å². The van der Waals surface area contributed by atoms with Crippen molar-refractivity contribution < 1.29 is 13.9 Å². The fourth-order valence-corrected chi connectivity index (χ4v) is 4.67. The topological polar surface area (TPSA) is 36.0 Å². The molecule has 2 fully saturated rings. The number of methoxy groups -OCH3 is 1. The summed E-state index contributed by atoms with van der Waals surface area (Å²) >= 11 is 0. The van der Waals surface area contributed by atoms with Gasteiger partial charge in [0.05, 0.1) is 7.11 Å². The van der Waals surface area contributed by atoms with Gasteiger partial charge in [-0.1, -0.05) is 19.9 Å². The van der Waals surface area contributed by atoms with Gasteiger partial charge in [0.1, 0.15) is 11.6 Å². The van der Waals surface area contributed by atoms with E-state index in [1.807, 2.05) is 12.1 Å². The Labute approximate surface area is 168 Å². The molecular formula is C22H34FN3O2. The molecule has 1 aromatic carbocycles. The number of rotatable bonds is 8. The smallest absolute Gasteiger partial charge is 0.222 e. The Morgan fingerprint density at radius 2 is 2.04 bits per heavy atom. The minimum atomic E-state index is -0.207. The molecule has 1 aromatic rings. The summed E-state index contributed by atoms with van der Waals surface area (Å²) in [7, 11) is 1.55. The molecule has 0 unspecified atom stereocenters. The zero-order chi connectivity index (χ0) is 20.1. The lowest BCUT2D eigenvalue weighted by molar-refractivity contribution is -0.141. The molecule has 0 radical (unpaired) electrons. The Hall–Kier alpha value is -1.66. The number of hydrogen-bond donors (Lipinski definition) is 0. The van der Waals surface area contributed by atoms with E-state index in [1.165, 1.54) is 6.07 Å². The third-order valence-electron chi connectivity index (χ3n) is 6.43. The number of likely N-dealkylation sites (tertiary alicyclic amines) is 2. The van der Waals surface area contributed by atoms with Crippen LogP contribution in [0.4, 0.5) is 4.39 Å². The highest BCUT2D eigenvalue weighted by Crippen LogP contribution is 2.32. The standard InChI is InChI=1S/C22H34FN3O2/c1-4-24(5-2)12-13-26-21-10-11-25(16-18(21)7-9-22(26)27)15-17-6-8-19(28-3)14-20(17)23/h6,8,14,18,21H,4-5,7,9-13,15-16H2,1-3H3/t18-,21+/m0/s1. The van der Waals surface area contributed by atoms with E-state index < -0.39 is 0 Å². The van der Waals surface area contributed by atoms with Crippen molar-refractivity contribution in [3.05, 3.63) is 29.6 Å². The van der Waals surface area contributed by atoms with Gasteiger partial charge < -0.3 is 14.5 Å². The molecule has 5 nitrogen and oxygen atoms in total. The second-order valence-electron chi connectivity index (χ2n) is 7.96. The molecule has 1 amide bonds.